The largest absolute Gasteiger partial charge is 0.508 e. The molecule has 3 unspecified atom stereocenters. The number of rotatable bonds is 9. The van der Waals surface area contributed by atoms with Gasteiger partial charge in [-0.15, -0.1) is 0 Å². The van der Waals surface area contributed by atoms with Crippen LogP contribution in [0, 0.1) is 0 Å². The topological polar surface area (TPSA) is 161 Å². The smallest absolute Gasteiger partial charge is 0.308 e. The molecule has 2 amide bonds. The summed E-state index contributed by atoms with van der Waals surface area (Å²) in [5.41, 5.74) is 0.572. The molecule has 0 aliphatic carbocycles. The van der Waals surface area contributed by atoms with Crippen molar-refractivity contribution in [2.45, 2.75) is 57.3 Å². The number of carbonyl (C=O) groups excluding carboxylic acids is 3. The Balaban J connectivity index is 1.52. The van der Waals surface area contributed by atoms with Gasteiger partial charge in [0.2, 0.25) is 5.91 Å². The number of anilines is 1. The normalized spacial score (nSPS) is 22.1. The number of unbranched alkanes of at least 4 members (excludes halogenated alkanes) is 2. The Hall–Kier alpha value is -3.34. The van der Waals surface area contributed by atoms with Gasteiger partial charge in [-0.25, -0.2) is 0 Å². The number of aliphatic hydroxyl groups excluding tert-OH is 1. The van der Waals surface area contributed by atoms with Gasteiger partial charge >= 0.3 is 5.97 Å². The van der Waals surface area contributed by atoms with E-state index < -0.39 is 24.0 Å². The van der Waals surface area contributed by atoms with E-state index in [0.717, 1.165) is 19.3 Å². The summed E-state index contributed by atoms with van der Waals surface area (Å²) >= 11 is 0. The van der Waals surface area contributed by atoms with Crippen LogP contribution >= 0.6 is 0 Å². The minimum Gasteiger partial charge on any atom is -0.508 e. The Kier molecular flexibility index (Phi) is 8.47. The van der Waals surface area contributed by atoms with Gasteiger partial charge < -0.3 is 36.2 Å². The van der Waals surface area contributed by atoms with Crippen LogP contribution in [0.3, 0.4) is 0 Å². The zero-order chi connectivity index (χ0) is 23.8. The van der Waals surface area contributed by atoms with Crippen molar-refractivity contribution in [3.63, 3.8) is 0 Å². The quantitative estimate of drug-likeness (QED) is 0.225. The highest BCUT2D eigenvalue weighted by atomic mass is 16.6. The van der Waals surface area contributed by atoms with Crippen LogP contribution in [0.4, 0.5) is 5.69 Å². The molecule has 33 heavy (non-hydrogen) atoms. The van der Waals surface area contributed by atoms with Gasteiger partial charge in [0, 0.05) is 23.9 Å². The molecule has 2 aliphatic rings. The summed E-state index contributed by atoms with van der Waals surface area (Å²) in [6.07, 6.45) is 2.88. The first kappa shape index (κ1) is 24.3. The Labute approximate surface area is 192 Å². The summed E-state index contributed by atoms with van der Waals surface area (Å²) < 4.78 is 5.31. The van der Waals surface area contributed by atoms with Crippen LogP contribution in [0.1, 0.15) is 49.4 Å². The zero-order valence-electron chi connectivity index (χ0n) is 18.6. The summed E-state index contributed by atoms with van der Waals surface area (Å²) in [7, 11) is 0. The summed E-state index contributed by atoms with van der Waals surface area (Å²) in [6.45, 7) is 2.38. The van der Waals surface area contributed by atoms with Gasteiger partial charge in [-0.2, -0.15) is 0 Å². The average Bonchev–Trinajstić information content (AvgIpc) is 3.12. The maximum Gasteiger partial charge on any atom is 0.308 e. The van der Waals surface area contributed by atoms with E-state index in [1.807, 2.05) is 0 Å². The lowest BCUT2D eigenvalue weighted by Crippen LogP contribution is -2.45. The van der Waals surface area contributed by atoms with Gasteiger partial charge in [0.15, 0.2) is 5.96 Å². The lowest BCUT2D eigenvalue weighted by molar-refractivity contribution is -0.141. The van der Waals surface area contributed by atoms with Gasteiger partial charge in [0.05, 0.1) is 31.7 Å². The molecule has 1 saturated heterocycles. The summed E-state index contributed by atoms with van der Waals surface area (Å²) in [4.78, 5) is 40.7. The number of guanidine groups is 1. The van der Waals surface area contributed by atoms with Gasteiger partial charge in [-0.3, -0.25) is 19.4 Å². The van der Waals surface area contributed by atoms with Gasteiger partial charge in [0.25, 0.3) is 5.91 Å². The number of aliphatic imine (C=N–C) groups is 1. The molecule has 0 spiro atoms. The number of benzene rings is 1. The second kappa shape index (κ2) is 11.5. The molecule has 1 fully saturated rings. The van der Waals surface area contributed by atoms with Gasteiger partial charge in [-0.05, 0) is 25.0 Å². The first-order chi connectivity index (χ1) is 15.8. The lowest BCUT2D eigenvalue weighted by atomic mass is 10.0. The van der Waals surface area contributed by atoms with Crippen molar-refractivity contribution in [1.82, 2.24) is 16.0 Å². The Morgan fingerprint density at radius 2 is 2.09 bits per heavy atom. The predicted octanol–water partition coefficient (Wildman–Crippen LogP) is 0.235. The van der Waals surface area contributed by atoms with Gasteiger partial charge in [-0.1, -0.05) is 19.8 Å². The van der Waals surface area contributed by atoms with Crippen LogP contribution in [0.5, 0.6) is 5.75 Å². The molecule has 11 heteroatoms. The highest BCUT2D eigenvalue weighted by Crippen LogP contribution is 2.21. The van der Waals surface area contributed by atoms with Crippen LogP contribution in [-0.4, -0.2) is 71.8 Å². The van der Waals surface area contributed by atoms with Crippen molar-refractivity contribution < 1.29 is 29.3 Å². The highest BCUT2D eigenvalue weighted by molar-refractivity contribution is 6.00. The van der Waals surface area contributed by atoms with Crippen LogP contribution in [0.15, 0.2) is 23.2 Å². The molecule has 0 bridgehead atoms. The Morgan fingerprint density at radius 1 is 1.27 bits per heavy atom. The first-order valence-corrected chi connectivity index (χ1v) is 11.2. The molecule has 1 aromatic rings. The molecule has 3 rings (SSSR count). The van der Waals surface area contributed by atoms with Crippen molar-refractivity contribution >= 4 is 29.4 Å². The van der Waals surface area contributed by atoms with E-state index >= 15 is 0 Å². The number of aliphatic hydroxyl groups is 1. The van der Waals surface area contributed by atoms with E-state index in [-0.39, 0.29) is 42.9 Å². The lowest BCUT2D eigenvalue weighted by Gasteiger charge is -2.20. The fraction of sp³-hybridized carbons (Fsp3) is 0.545. The fourth-order valence-electron chi connectivity index (χ4n) is 3.70. The predicted molar refractivity (Wildman–Crippen MR) is 121 cm³/mol. The van der Waals surface area contributed by atoms with E-state index in [1.54, 1.807) is 0 Å². The van der Waals surface area contributed by atoms with Crippen molar-refractivity contribution in [1.29, 1.82) is 0 Å². The molecular formula is C22H31N5O6. The second-order valence-corrected chi connectivity index (χ2v) is 8.20. The molecule has 0 radical (unpaired) electrons. The molecule has 3 atom stereocenters. The minimum atomic E-state index is -0.562. The van der Waals surface area contributed by atoms with E-state index in [0.29, 0.717) is 24.6 Å². The Bertz CT molecular complexity index is 905. The summed E-state index contributed by atoms with van der Waals surface area (Å²) in [5.74, 6) is -1.03. The average molecular weight is 462 g/mol. The number of aromatic hydroxyl groups is 1. The van der Waals surface area contributed by atoms with Crippen LogP contribution < -0.4 is 21.3 Å². The molecule has 6 N–H and O–H groups in total. The number of carbonyl (C=O) groups is 3. The summed E-state index contributed by atoms with van der Waals surface area (Å²) in [5, 5.41) is 30.6. The maximum atomic E-state index is 12.5. The molecule has 11 nitrogen and oxygen atoms in total. The third kappa shape index (κ3) is 7.35. The van der Waals surface area contributed by atoms with E-state index in [9.17, 15) is 24.6 Å². The number of ether oxygens (including phenoxy) is 1. The van der Waals surface area contributed by atoms with Crippen molar-refractivity contribution in [3.05, 3.63) is 23.8 Å². The third-order valence-electron chi connectivity index (χ3n) is 5.37. The second-order valence-electron chi connectivity index (χ2n) is 8.20. The standard InChI is InChI=1S/C22H31N5O6/c1-2-3-4-5-18-17(9-20(31)33-18)27-19(30)12-23-21(32)13-6-14(8-15(28)7-13)26-22-24-10-16(29)11-25-22/h6-8,16-18,28-29H,2-5,9-12H2,1H3,(H,23,32)(H,27,30)(H2,24,25,26). The number of nitrogens with one attached hydrogen (secondary N) is 4. The Morgan fingerprint density at radius 3 is 2.82 bits per heavy atom. The molecule has 180 valence electrons. The number of nitrogens with zero attached hydrogens (tertiary/aromatic N) is 1. The number of β-amino-alcohol motifs (C(OH)–C–C–N with tert-alkyl or cyclic N) is 1. The number of hydrogen-bond acceptors (Lipinski definition) is 9. The maximum absolute atomic E-state index is 12.5. The van der Waals surface area contributed by atoms with Crippen molar-refractivity contribution in [2.75, 3.05) is 25.0 Å². The minimum absolute atomic E-state index is 0.118. The molecule has 0 saturated carbocycles. The van der Waals surface area contributed by atoms with Crippen LogP contribution in [-0.2, 0) is 14.3 Å². The fourth-order valence-corrected chi connectivity index (χ4v) is 3.70. The zero-order valence-corrected chi connectivity index (χ0v) is 18.6. The number of cyclic esters (lactones) is 1. The van der Waals surface area contributed by atoms with Crippen molar-refractivity contribution in [2.24, 2.45) is 4.99 Å². The number of esters is 1. The van der Waals surface area contributed by atoms with E-state index in [1.165, 1.54) is 18.2 Å². The van der Waals surface area contributed by atoms with E-state index in [2.05, 4.69) is 33.2 Å². The first-order valence-electron chi connectivity index (χ1n) is 11.2. The monoisotopic (exact) mass is 461 g/mol. The summed E-state index contributed by atoms with van der Waals surface area (Å²) in [6, 6.07) is 3.81. The van der Waals surface area contributed by atoms with Crippen LogP contribution in [0.2, 0.25) is 0 Å². The van der Waals surface area contributed by atoms with Crippen molar-refractivity contribution in [3.8, 4) is 5.75 Å². The third-order valence-corrected chi connectivity index (χ3v) is 5.37. The molecule has 0 aromatic heterocycles. The van der Waals surface area contributed by atoms with E-state index in [4.69, 9.17) is 4.74 Å². The number of phenols is 1. The van der Waals surface area contributed by atoms with Crippen LogP contribution in [0.25, 0.3) is 0 Å². The SMILES string of the molecule is CCCCCC1OC(=O)CC1NC(=O)CNC(=O)c1cc(O)cc(NC2=NCC(O)CN2)c1. The highest BCUT2D eigenvalue weighted by Gasteiger charge is 2.35. The molecule has 2 heterocycles. The van der Waals surface area contributed by atoms with Gasteiger partial charge in [0.1, 0.15) is 11.9 Å². The number of phenolic OH excluding ortho intramolecular Hbond substituents is 1. The molecule has 2 aliphatic heterocycles. The molecule has 1 aromatic carbocycles. The number of amides is 2. The number of hydrogen-bond donors (Lipinski definition) is 6. The molecular weight excluding hydrogens is 430 g/mol.